The lowest BCUT2D eigenvalue weighted by molar-refractivity contribution is 0.0527. The van der Waals surface area contributed by atoms with E-state index in [4.69, 9.17) is 21.7 Å². The number of methoxy groups -OCH3 is 1. The molecule has 0 spiro atoms. The third kappa shape index (κ3) is 4.82. The minimum absolute atomic E-state index is 0.0229. The number of fused-ring (bicyclic) bond motifs is 1. The quantitative estimate of drug-likeness (QED) is 0.348. The lowest BCUT2D eigenvalue weighted by atomic mass is 10.0. The van der Waals surface area contributed by atoms with Gasteiger partial charge in [-0.1, -0.05) is 40.2 Å². The van der Waals surface area contributed by atoms with Gasteiger partial charge in [-0.3, -0.25) is 10.1 Å². The summed E-state index contributed by atoms with van der Waals surface area (Å²) in [5.74, 6) is -1.60. The number of ether oxygens (including phenoxy) is 2. The number of hydrogen-bond donors (Lipinski definition) is 2. The second-order valence-electron chi connectivity index (χ2n) is 6.52. The molecule has 0 bridgehead atoms. The number of halogens is 1. The van der Waals surface area contributed by atoms with E-state index < -0.39 is 17.8 Å². The van der Waals surface area contributed by atoms with Gasteiger partial charge < -0.3 is 14.8 Å². The van der Waals surface area contributed by atoms with Gasteiger partial charge >= 0.3 is 11.9 Å². The Balaban J connectivity index is 1.88. The van der Waals surface area contributed by atoms with Crippen molar-refractivity contribution >= 4 is 78.2 Å². The number of thiophene rings is 1. The van der Waals surface area contributed by atoms with Gasteiger partial charge in [0.2, 0.25) is 0 Å². The van der Waals surface area contributed by atoms with Crippen molar-refractivity contribution in [2.45, 2.75) is 13.8 Å². The molecule has 166 valence electrons. The first-order chi connectivity index (χ1) is 15.3. The molecular formula is C22H19BrN2O5S2. The number of thiocarbonyl (C=S) groups is 1. The molecule has 0 aliphatic heterocycles. The van der Waals surface area contributed by atoms with Crippen LogP contribution in [0.15, 0.2) is 40.9 Å². The summed E-state index contributed by atoms with van der Waals surface area (Å²) in [7, 11) is 1.26. The smallest absolute Gasteiger partial charge is 0.348 e. The van der Waals surface area contributed by atoms with Crippen LogP contribution in [0.25, 0.3) is 10.8 Å². The molecule has 0 atom stereocenters. The summed E-state index contributed by atoms with van der Waals surface area (Å²) in [5.41, 5.74) is 1.02. The second-order valence-corrected chi connectivity index (χ2v) is 8.80. The Kier molecular flexibility index (Phi) is 7.60. The molecule has 10 heteroatoms. The molecule has 0 aliphatic carbocycles. The van der Waals surface area contributed by atoms with Gasteiger partial charge in [-0.2, -0.15) is 0 Å². The molecule has 3 rings (SSSR count). The van der Waals surface area contributed by atoms with Crippen LogP contribution in [0.5, 0.6) is 0 Å². The molecule has 7 nitrogen and oxygen atoms in total. The van der Waals surface area contributed by atoms with Crippen LogP contribution in [0.4, 0.5) is 5.00 Å². The van der Waals surface area contributed by atoms with Crippen molar-refractivity contribution in [3.05, 3.63) is 62.4 Å². The minimum atomic E-state index is -0.605. The number of esters is 2. The van der Waals surface area contributed by atoms with Crippen molar-refractivity contribution < 1.29 is 23.9 Å². The summed E-state index contributed by atoms with van der Waals surface area (Å²) in [5, 5.41) is 7.39. The van der Waals surface area contributed by atoms with Gasteiger partial charge in [0.15, 0.2) is 5.11 Å². The van der Waals surface area contributed by atoms with Gasteiger partial charge in [0.05, 0.1) is 19.3 Å². The Morgan fingerprint density at radius 3 is 2.47 bits per heavy atom. The number of carbonyl (C=O) groups excluding carboxylic acids is 3. The Labute approximate surface area is 202 Å². The molecule has 0 saturated carbocycles. The molecule has 0 aliphatic rings. The van der Waals surface area contributed by atoms with Crippen LogP contribution in [0.2, 0.25) is 0 Å². The third-order valence-electron chi connectivity index (χ3n) is 4.56. The van der Waals surface area contributed by atoms with Crippen LogP contribution >= 0.6 is 39.5 Å². The summed E-state index contributed by atoms with van der Waals surface area (Å²) in [4.78, 5) is 37.7. The van der Waals surface area contributed by atoms with Crippen LogP contribution in [0, 0.1) is 6.92 Å². The molecule has 1 aromatic heterocycles. The first-order valence-corrected chi connectivity index (χ1v) is 11.5. The molecule has 3 aromatic rings. The molecule has 0 fully saturated rings. The topological polar surface area (TPSA) is 93.7 Å². The predicted molar refractivity (Wildman–Crippen MR) is 132 cm³/mol. The standard InChI is InChI=1S/C22H19BrN2O5S2/c1-4-30-20(27)16-11(2)17(21(28)29-3)32-19(16)25-22(31)24-18(26)14-9-5-8-13-12(14)7-6-10-15(13)23/h5-10H,4H2,1-3H3,(H2,24,25,26,31). The lowest BCUT2D eigenvalue weighted by Gasteiger charge is -2.12. The van der Waals surface area contributed by atoms with Crippen molar-refractivity contribution in [2.24, 2.45) is 0 Å². The Morgan fingerprint density at radius 2 is 1.78 bits per heavy atom. The van der Waals surface area contributed by atoms with Crippen LogP contribution in [-0.4, -0.2) is 36.7 Å². The van der Waals surface area contributed by atoms with Crippen molar-refractivity contribution in [1.29, 1.82) is 0 Å². The normalized spacial score (nSPS) is 10.5. The zero-order chi connectivity index (χ0) is 23.4. The molecule has 32 heavy (non-hydrogen) atoms. The monoisotopic (exact) mass is 534 g/mol. The molecule has 1 amide bonds. The first kappa shape index (κ1) is 23.8. The highest BCUT2D eigenvalue weighted by atomic mass is 79.9. The maximum atomic E-state index is 12.9. The highest BCUT2D eigenvalue weighted by Gasteiger charge is 2.27. The van der Waals surface area contributed by atoms with Crippen molar-refractivity contribution in [3.63, 3.8) is 0 Å². The zero-order valence-corrected chi connectivity index (χ0v) is 20.6. The lowest BCUT2D eigenvalue weighted by Crippen LogP contribution is -2.34. The Bertz CT molecular complexity index is 1240. The predicted octanol–water partition coefficient (Wildman–Crippen LogP) is 5.06. The second kappa shape index (κ2) is 10.2. The van der Waals surface area contributed by atoms with Crippen LogP contribution in [0.1, 0.15) is 42.9 Å². The average Bonchev–Trinajstić information content (AvgIpc) is 3.08. The number of anilines is 1. The molecule has 2 aromatic carbocycles. The van der Waals surface area contributed by atoms with Crippen LogP contribution in [0.3, 0.4) is 0 Å². The van der Waals surface area contributed by atoms with Crippen molar-refractivity contribution in [3.8, 4) is 0 Å². The van der Waals surface area contributed by atoms with Gasteiger partial charge in [0.25, 0.3) is 5.91 Å². The number of hydrogen-bond acceptors (Lipinski definition) is 7. The van der Waals surface area contributed by atoms with Gasteiger partial charge in [-0.15, -0.1) is 11.3 Å². The number of nitrogens with one attached hydrogen (secondary N) is 2. The number of benzene rings is 2. The van der Waals surface area contributed by atoms with Gasteiger partial charge in [0, 0.05) is 10.0 Å². The zero-order valence-electron chi connectivity index (χ0n) is 17.4. The Hall–Kier alpha value is -2.82. The number of carbonyl (C=O) groups is 3. The van der Waals surface area contributed by atoms with Crippen molar-refractivity contribution in [2.75, 3.05) is 19.0 Å². The molecular weight excluding hydrogens is 516 g/mol. The van der Waals surface area contributed by atoms with Crippen molar-refractivity contribution in [1.82, 2.24) is 5.32 Å². The van der Waals surface area contributed by atoms with E-state index in [-0.39, 0.29) is 27.2 Å². The minimum Gasteiger partial charge on any atom is -0.465 e. The summed E-state index contributed by atoms with van der Waals surface area (Å²) < 4.78 is 10.8. The molecule has 2 N–H and O–H groups in total. The third-order valence-corrected chi connectivity index (χ3v) is 6.65. The van der Waals surface area contributed by atoms with Gasteiger partial charge in [-0.05, 0) is 54.5 Å². The molecule has 0 unspecified atom stereocenters. The number of rotatable bonds is 5. The summed E-state index contributed by atoms with van der Waals surface area (Å²) in [6, 6.07) is 11.0. The Morgan fingerprint density at radius 1 is 1.09 bits per heavy atom. The molecule has 0 saturated heterocycles. The first-order valence-electron chi connectivity index (χ1n) is 9.46. The largest absolute Gasteiger partial charge is 0.465 e. The van der Waals surface area contributed by atoms with E-state index in [1.165, 1.54) is 7.11 Å². The van der Waals surface area contributed by atoms with E-state index in [0.717, 1.165) is 26.6 Å². The van der Waals surface area contributed by atoms with Crippen LogP contribution in [-0.2, 0) is 9.47 Å². The highest BCUT2D eigenvalue weighted by molar-refractivity contribution is 9.10. The van der Waals surface area contributed by atoms with Crippen LogP contribution < -0.4 is 10.6 Å². The highest BCUT2D eigenvalue weighted by Crippen LogP contribution is 2.34. The fourth-order valence-electron chi connectivity index (χ4n) is 3.11. The molecule has 0 radical (unpaired) electrons. The number of amides is 1. The molecule has 1 heterocycles. The van der Waals surface area contributed by atoms with Gasteiger partial charge in [0.1, 0.15) is 9.88 Å². The summed E-state index contributed by atoms with van der Waals surface area (Å²) in [6.07, 6.45) is 0. The summed E-state index contributed by atoms with van der Waals surface area (Å²) >= 11 is 9.79. The fraction of sp³-hybridized carbons (Fsp3) is 0.182. The van der Waals surface area contributed by atoms with E-state index in [9.17, 15) is 14.4 Å². The maximum Gasteiger partial charge on any atom is 0.348 e. The average molecular weight is 535 g/mol. The fourth-order valence-corrected chi connectivity index (χ4v) is 4.99. The van der Waals surface area contributed by atoms with E-state index in [1.54, 1.807) is 26.0 Å². The van der Waals surface area contributed by atoms with E-state index in [1.807, 2.05) is 24.3 Å². The van der Waals surface area contributed by atoms with E-state index >= 15 is 0 Å². The maximum absolute atomic E-state index is 12.9. The van der Waals surface area contributed by atoms with E-state index in [0.29, 0.717) is 11.1 Å². The SMILES string of the molecule is CCOC(=O)c1c(NC(=S)NC(=O)c2cccc3c(Br)cccc23)sc(C(=O)OC)c1C. The summed E-state index contributed by atoms with van der Waals surface area (Å²) in [6.45, 7) is 3.47. The van der Waals surface area contributed by atoms with E-state index in [2.05, 4.69) is 26.6 Å². The van der Waals surface area contributed by atoms with Gasteiger partial charge in [-0.25, -0.2) is 9.59 Å².